The van der Waals surface area contributed by atoms with Gasteiger partial charge < -0.3 is 0 Å². The molecule has 0 bridgehead atoms. The Labute approximate surface area is 149 Å². The van der Waals surface area contributed by atoms with E-state index in [1.54, 1.807) is 0 Å². The summed E-state index contributed by atoms with van der Waals surface area (Å²) in [5.74, 6) is 0. The standard InChI is InChI=1S/C12H4Br4Cl2/c13-7-1-5(17)2-8(14)11(7)12-9(15)3-6(18)4-10(12)16/h1-4H. The minimum atomic E-state index is 0.665. The molecule has 0 aromatic heterocycles. The summed E-state index contributed by atoms with van der Waals surface area (Å²) in [5, 5.41) is 1.33. The molecule has 2 aromatic rings. The van der Waals surface area contributed by atoms with Crippen molar-refractivity contribution in [3.63, 3.8) is 0 Å². The van der Waals surface area contributed by atoms with E-state index in [0.29, 0.717) is 10.0 Å². The molecule has 94 valence electrons. The Hall–Kier alpha value is 0.940. The van der Waals surface area contributed by atoms with Gasteiger partial charge >= 0.3 is 0 Å². The Morgan fingerprint density at radius 1 is 0.556 bits per heavy atom. The van der Waals surface area contributed by atoms with Crippen LogP contribution in [0.15, 0.2) is 42.2 Å². The molecule has 0 nitrogen and oxygen atoms in total. The Kier molecular flexibility index (Phi) is 5.24. The third kappa shape index (κ3) is 3.15. The molecular formula is C12H4Br4Cl2. The summed E-state index contributed by atoms with van der Waals surface area (Å²) in [6, 6.07) is 7.43. The van der Waals surface area contributed by atoms with Crippen LogP contribution in [-0.2, 0) is 0 Å². The maximum atomic E-state index is 6.01. The zero-order chi connectivity index (χ0) is 13.4. The average Bonchev–Trinajstić information content (AvgIpc) is 2.20. The molecule has 0 atom stereocenters. The number of hydrogen-bond donors (Lipinski definition) is 0. The van der Waals surface area contributed by atoms with Gasteiger partial charge in [-0.05, 0) is 24.3 Å². The quantitative estimate of drug-likeness (QED) is 0.349. The number of halogens is 6. The normalized spacial score (nSPS) is 10.8. The van der Waals surface area contributed by atoms with E-state index in [2.05, 4.69) is 63.7 Å². The first kappa shape index (κ1) is 15.3. The minimum absolute atomic E-state index is 0.665. The second-order valence-corrected chi connectivity index (χ2v) is 7.78. The van der Waals surface area contributed by atoms with Gasteiger partial charge in [0.15, 0.2) is 0 Å². The van der Waals surface area contributed by atoms with Crippen LogP contribution in [0, 0.1) is 0 Å². The number of rotatable bonds is 1. The maximum Gasteiger partial charge on any atom is 0.0428 e. The molecule has 2 aromatic carbocycles. The summed E-state index contributed by atoms with van der Waals surface area (Å²) in [6.45, 7) is 0. The van der Waals surface area contributed by atoms with E-state index in [9.17, 15) is 0 Å². The van der Waals surface area contributed by atoms with Gasteiger partial charge in [0.2, 0.25) is 0 Å². The van der Waals surface area contributed by atoms with Crippen molar-refractivity contribution in [1.29, 1.82) is 0 Å². The van der Waals surface area contributed by atoms with Crippen LogP contribution in [0.3, 0.4) is 0 Å². The SMILES string of the molecule is Clc1cc(Br)c(-c2c(Br)cc(Cl)cc2Br)c(Br)c1. The van der Waals surface area contributed by atoms with Crippen LogP contribution in [0.1, 0.15) is 0 Å². The molecule has 0 N–H and O–H groups in total. The zero-order valence-corrected chi connectivity index (χ0v) is 16.4. The van der Waals surface area contributed by atoms with E-state index in [4.69, 9.17) is 23.2 Å². The van der Waals surface area contributed by atoms with Crippen molar-refractivity contribution in [3.8, 4) is 11.1 Å². The van der Waals surface area contributed by atoms with Gasteiger partial charge in [0.1, 0.15) is 0 Å². The van der Waals surface area contributed by atoms with Crippen LogP contribution in [0.4, 0.5) is 0 Å². The van der Waals surface area contributed by atoms with Gasteiger partial charge in [-0.1, -0.05) is 86.9 Å². The van der Waals surface area contributed by atoms with Gasteiger partial charge in [0, 0.05) is 39.1 Å². The van der Waals surface area contributed by atoms with E-state index in [-0.39, 0.29) is 0 Å². The summed E-state index contributed by atoms with van der Waals surface area (Å²) in [7, 11) is 0. The second-order valence-electron chi connectivity index (χ2n) is 3.49. The summed E-state index contributed by atoms with van der Waals surface area (Å²) in [4.78, 5) is 0. The minimum Gasteiger partial charge on any atom is -0.0843 e. The highest BCUT2D eigenvalue weighted by Gasteiger charge is 2.16. The van der Waals surface area contributed by atoms with Crippen LogP contribution in [0.25, 0.3) is 11.1 Å². The third-order valence-corrected chi connectivity index (χ3v) is 5.20. The van der Waals surface area contributed by atoms with Gasteiger partial charge in [-0.15, -0.1) is 0 Å². The molecule has 0 aliphatic rings. The Morgan fingerprint density at radius 3 is 1.00 bits per heavy atom. The van der Waals surface area contributed by atoms with Crippen molar-refractivity contribution in [1.82, 2.24) is 0 Å². The van der Waals surface area contributed by atoms with Gasteiger partial charge in [0.05, 0.1) is 0 Å². The van der Waals surface area contributed by atoms with Gasteiger partial charge in [-0.3, -0.25) is 0 Å². The lowest BCUT2D eigenvalue weighted by Gasteiger charge is -2.13. The van der Waals surface area contributed by atoms with Gasteiger partial charge in [0.25, 0.3) is 0 Å². The van der Waals surface area contributed by atoms with Crippen molar-refractivity contribution < 1.29 is 0 Å². The van der Waals surface area contributed by atoms with Crippen molar-refractivity contribution in [3.05, 3.63) is 52.2 Å². The van der Waals surface area contributed by atoms with Crippen molar-refractivity contribution in [2.75, 3.05) is 0 Å². The summed E-state index contributed by atoms with van der Waals surface area (Å²) in [5.41, 5.74) is 2.02. The fourth-order valence-electron chi connectivity index (χ4n) is 1.56. The van der Waals surface area contributed by atoms with Crippen LogP contribution in [-0.4, -0.2) is 0 Å². The second kappa shape index (κ2) is 6.15. The molecule has 0 fully saturated rings. The fourth-order valence-corrected chi connectivity index (χ4v) is 5.69. The topological polar surface area (TPSA) is 0 Å². The molecule has 0 unspecified atom stereocenters. The van der Waals surface area contributed by atoms with E-state index in [1.165, 1.54) is 0 Å². The van der Waals surface area contributed by atoms with Crippen LogP contribution in [0.2, 0.25) is 10.0 Å². The highest BCUT2D eigenvalue weighted by Crippen LogP contribution is 2.45. The lowest BCUT2D eigenvalue weighted by molar-refractivity contribution is 1.50. The molecular weight excluding hydrogens is 535 g/mol. The van der Waals surface area contributed by atoms with Crippen LogP contribution >= 0.6 is 86.9 Å². The predicted octanol–water partition coefficient (Wildman–Crippen LogP) is 7.71. The molecule has 18 heavy (non-hydrogen) atoms. The number of hydrogen-bond acceptors (Lipinski definition) is 0. The van der Waals surface area contributed by atoms with Crippen molar-refractivity contribution >= 4 is 86.9 Å². The fraction of sp³-hybridized carbons (Fsp3) is 0. The third-order valence-electron chi connectivity index (χ3n) is 2.26. The Balaban J connectivity index is 2.78. The molecule has 0 aliphatic heterocycles. The lowest BCUT2D eigenvalue weighted by Crippen LogP contribution is -1.87. The molecule has 0 aliphatic carbocycles. The highest BCUT2D eigenvalue weighted by molar-refractivity contribution is 9.11. The summed E-state index contributed by atoms with van der Waals surface area (Å²) < 4.78 is 3.63. The van der Waals surface area contributed by atoms with E-state index in [1.807, 2.05) is 24.3 Å². The number of benzene rings is 2. The lowest BCUT2D eigenvalue weighted by atomic mass is 10.1. The molecule has 0 spiro atoms. The van der Waals surface area contributed by atoms with Gasteiger partial charge in [-0.2, -0.15) is 0 Å². The smallest absolute Gasteiger partial charge is 0.0428 e. The maximum absolute atomic E-state index is 6.01. The zero-order valence-electron chi connectivity index (χ0n) is 8.58. The van der Waals surface area contributed by atoms with Crippen LogP contribution in [0.5, 0.6) is 0 Å². The molecule has 0 radical (unpaired) electrons. The van der Waals surface area contributed by atoms with Crippen molar-refractivity contribution in [2.45, 2.75) is 0 Å². The molecule has 0 heterocycles. The molecule has 0 amide bonds. The van der Waals surface area contributed by atoms with E-state index < -0.39 is 0 Å². The van der Waals surface area contributed by atoms with Gasteiger partial charge in [-0.25, -0.2) is 0 Å². The van der Waals surface area contributed by atoms with Crippen molar-refractivity contribution in [2.24, 2.45) is 0 Å². The molecule has 6 heteroatoms. The first-order valence-corrected chi connectivity index (χ1v) is 8.62. The largest absolute Gasteiger partial charge is 0.0843 e. The summed E-state index contributed by atoms with van der Waals surface area (Å²) in [6.07, 6.45) is 0. The van der Waals surface area contributed by atoms with E-state index >= 15 is 0 Å². The Morgan fingerprint density at radius 2 is 0.778 bits per heavy atom. The monoisotopic (exact) mass is 534 g/mol. The molecule has 0 saturated carbocycles. The first-order valence-electron chi connectivity index (χ1n) is 4.69. The average molecular weight is 539 g/mol. The summed E-state index contributed by atoms with van der Waals surface area (Å²) >= 11 is 26.1. The first-order chi connectivity index (χ1) is 8.40. The highest BCUT2D eigenvalue weighted by atomic mass is 79.9. The molecule has 2 rings (SSSR count). The van der Waals surface area contributed by atoms with E-state index in [0.717, 1.165) is 29.0 Å². The molecule has 0 saturated heterocycles. The predicted molar refractivity (Wildman–Crippen MR) is 92.7 cm³/mol. The van der Waals surface area contributed by atoms with Crippen LogP contribution < -0.4 is 0 Å². The Bertz CT molecular complexity index is 524.